The van der Waals surface area contributed by atoms with E-state index in [9.17, 15) is 4.79 Å². The lowest BCUT2D eigenvalue weighted by Gasteiger charge is -2.37. The Bertz CT molecular complexity index is 211. The molecule has 0 spiro atoms. The highest BCUT2D eigenvalue weighted by atomic mass is 32.2. The number of hydrogen-bond acceptors (Lipinski definition) is 3. The monoisotopic (exact) mass is 230 g/mol. The maximum atomic E-state index is 11.9. The van der Waals surface area contributed by atoms with Crippen molar-refractivity contribution in [2.24, 2.45) is 0 Å². The highest BCUT2D eigenvalue weighted by Crippen LogP contribution is 2.23. The van der Waals surface area contributed by atoms with Gasteiger partial charge in [0.15, 0.2) is 0 Å². The van der Waals surface area contributed by atoms with Crippen LogP contribution in [0.1, 0.15) is 27.2 Å². The average molecular weight is 230 g/mol. The van der Waals surface area contributed by atoms with Crippen molar-refractivity contribution in [2.45, 2.75) is 38.5 Å². The van der Waals surface area contributed by atoms with Crippen LogP contribution in [0.25, 0.3) is 0 Å². The minimum atomic E-state index is 0.253. The molecule has 0 radical (unpaired) electrons. The second kappa shape index (κ2) is 6.38. The molecular weight excluding hydrogens is 208 g/mol. The van der Waals surface area contributed by atoms with E-state index in [0.717, 1.165) is 25.3 Å². The lowest BCUT2D eigenvalue weighted by Crippen LogP contribution is -2.50. The van der Waals surface area contributed by atoms with Gasteiger partial charge in [-0.1, -0.05) is 13.8 Å². The molecular formula is C11H22N2OS. The summed E-state index contributed by atoms with van der Waals surface area (Å²) in [5.41, 5.74) is 0. The van der Waals surface area contributed by atoms with Gasteiger partial charge in [0.1, 0.15) is 0 Å². The smallest absolute Gasteiger partial charge is 0.236 e. The summed E-state index contributed by atoms with van der Waals surface area (Å²) in [7, 11) is 0. The average Bonchev–Trinajstić information content (AvgIpc) is 2.22. The third-order valence-electron chi connectivity index (χ3n) is 2.91. The lowest BCUT2D eigenvalue weighted by molar-refractivity contribution is -0.132. The zero-order valence-electron chi connectivity index (χ0n) is 9.95. The summed E-state index contributed by atoms with van der Waals surface area (Å²) in [6, 6.07) is 0.375. The number of carbonyl (C=O) groups is 1. The fraction of sp³-hybridized carbons (Fsp3) is 0.909. The number of hydrogen-bond donors (Lipinski definition) is 1. The van der Waals surface area contributed by atoms with E-state index in [-0.39, 0.29) is 5.91 Å². The standard InChI is InChI=1S/C11H22N2OS/c1-4-5-12-8-11(14)13-6-7-15-10(3)9(13)2/h9-10,12H,4-8H2,1-3H3. The number of thioether (sulfide) groups is 1. The first-order valence-corrected chi connectivity index (χ1v) is 6.83. The van der Waals surface area contributed by atoms with E-state index >= 15 is 0 Å². The minimum absolute atomic E-state index is 0.253. The molecule has 1 rings (SSSR count). The second-order valence-electron chi connectivity index (χ2n) is 4.08. The summed E-state index contributed by atoms with van der Waals surface area (Å²) >= 11 is 1.96. The summed E-state index contributed by atoms with van der Waals surface area (Å²) in [6.07, 6.45) is 1.08. The maximum absolute atomic E-state index is 11.9. The van der Waals surface area contributed by atoms with Crippen LogP contribution < -0.4 is 5.32 Å². The lowest BCUT2D eigenvalue weighted by atomic mass is 10.2. The van der Waals surface area contributed by atoms with Crippen LogP contribution in [0.15, 0.2) is 0 Å². The molecule has 1 fully saturated rings. The molecule has 3 nitrogen and oxygen atoms in total. The Morgan fingerprint density at radius 3 is 2.93 bits per heavy atom. The number of nitrogens with one attached hydrogen (secondary N) is 1. The summed E-state index contributed by atoms with van der Waals surface area (Å²) < 4.78 is 0. The van der Waals surface area contributed by atoms with E-state index in [2.05, 4.69) is 26.1 Å². The Hall–Kier alpha value is -0.220. The van der Waals surface area contributed by atoms with E-state index in [1.165, 1.54) is 0 Å². The Kier molecular flexibility index (Phi) is 5.47. The van der Waals surface area contributed by atoms with Crippen molar-refractivity contribution >= 4 is 17.7 Å². The zero-order chi connectivity index (χ0) is 11.3. The van der Waals surface area contributed by atoms with Crippen molar-refractivity contribution in [3.63, 3.8) is 0 Å². The molecule has 0 aliphatic carbocycles. The van der Waals surface area contributed by atoms with Crippen LogP contribution in [0.3, 0.4) is 0 Å². The van der Waals surface area contributed by atoms with Crippen LogP contribution >= 0.6 is 11.8 Å². The van der Waals surface area contributed by atoms with Gasteiger partial charge in [-0.05, 0) is 19.9 Å². The minimum Gasteiger partial charge on any atom is -0.337 e. The molecule has 0 bridgehead atoms. The van der Waals surface area contributed by atoms with Crippen molar-refractivity contribution in [3.8, 4) is 0 Å². The molecule has 1 saturated heterocycles. The molecule has 1 aliphatic rings. The molecule has 1 aliphatic heterocycles. The second-order valence-corrected chi connectivity index (χ2v) is 5.57. The predicted molar refractivity (Wildman–Crippen MR) is 66.3 cm³/mol. The van der Waals surface area contributed by atoms with Gasteiger partial charge in [-0.15, -0.1) is 0 Å². The Labute approximate surface area is 97.0 Å². The Morgan fingerprint density at radius 1 is 1.53 bits per heavy atom. The van der Waals surface area contributed by atoms with Gasteiger partial charge in [0.05, 0.1) is 6.54 Å². The molecule has 15 heavy (non-hydrogen) atoms. The Balaban J connectivity index is 2.37. The van der Waals surface area contributed by atoms with Crippen molar-refractivity contribution in [1.29, 1.82) is 0 Å². The van der Waals surface area contributed by atoms with Gasteiger partial charge >= 0.3 is 0 Å². The van der Waals surface area contributed by atoms with Crippen LogP contribution in [0.2, 0.25) is 0 Å². The van der Waals surface area contributed by atoms with Crippen molar-refractivity contribution in [3.05, 3.63) is 0 Å². The van der Waals surface area contributed by atoms with Gasteiger partial charge in [0.25, 0.3) is 0 Å². The first-order chi connectivity index (χ1) is 7.16. The number of nitrogens with zero attached hydrogens (tertiary/aromatic N) is 1. The molecule has 0 saturated carbocycles. The fourth-order valence-corrected chi connectivity index (χ4v) is 2.86. The van der Waals surface area contributed by atoms with Crippen LogP contribution in [0.5, 0.6) is 0 Å². The largest absolute Gasteiger partial charge is 0.337 e. The summed E-state index contributed by atoms with van der Waals surface area (Å²) in [5, 5.41) is 3.73. The summed E-state index contributed by atoms with van der Waals surface area (Å²) in [4.78, 5) is 13.9. The molecule has 2 atom stereocenters. The van der Waals surface area contributed by atoms with Crippen molar-refractivity contribution in [1.82, 2.24) is 10.2 Å². The third kappa shape index (κ3) is 3.68. The molecule has 0 aromatic heterocycles. The van der Waals surface area contributed by atoms with Gasteiger partial charge in [-0.25, -0.2) is 0 Å². The molecule has 4 heteroatoms. The van der Waals surface area contributed by atoms with Gasteiger partial charge in [-0.3, -0.25) is 4.79 Å². The number of rotatable bonds is 4. The van der Waals surface area contributed by atoms with E-state index in [1.807, 2.05) is 16.7 Å². The maximum Gasteiger partial charge on any atom is 0.236 e. The molecule has 0 aromatic rings. The van der Waals surface area contributed by atoms with E-state index in [0.29, 0.717) is 17.8 Å². The molecule has 1 N–H and O–H groups in total. The van der Waals surface area contributed by atoms with Crippen LogP contribution in [-0.2, 0) is 4.79 Å². The summed E-state index contributed by atoms with van der Waals surface area (Å²) in [6.45, 7) is 8.79. The summed E-state index contributed by atoms with van der Waals surface area (Å²) in [5.74, 6) is 1.33. The Morgan fingerprint density at radius 2 is 2.27 bits per heavy atom. The molecule has 1 heterocycles. The van der Waals surface area contributed by atoms with Crippen LogP contribution in [0, 0.1) is 0 Å². The number of carbonyl (C=O) groups excluding carboxylic acids is 1. The zero-order valence-corrected chi connectivity index (χ0v) is 10.8. The normalized spacial score (nSPS) is 26.7. The highest BCUT2D eigenvalue weighted by molar-refractivity contribution is 8.00. The SMILES string of the molecule is CCCNCC(=O)N1CCSC(C)C1C. The third-order valence-corrected chi connectivity index (χ3v) is 4.25. The van der Waals surface area contributed by atoms with Crippen LogP contribution in [0.4, 0.5) is 0 Å². The number of amides is 1. The van der Waals surface area contributed by atoms with Crippen molar-refractivity contribution < 1.29 is 4.79 Å². The molecule has 1 amide bonds. The van der Waals surface area contributed by atoms with Gasteiger partial charge in [0, 0.05) is 23.6 Å². The molecule has 2 unspecified atom stereocenters. The van der Waals surface area contributed by atoms with E-state index in [4.69, 9.17) is 0 Å². The van der Waals surface area contributed by atoms with Gasteiger partial charge in [-0.2, -0.15) is 11.8 Å². The molecule has 88 valence electrons. The molecule has 0 aromatic carbocycles. The van der Waals surface area contributed by atoms with Crippen LogP contribution in [-0.4, -0.2) is 47.5 Å². The van der Waals surface area contributed by atoms with E-state index < -0.39 is 0 Å². The fourth-order valence-electron chi connectivity index (χ4n) is 1.76. The topological polar surface area (TPSA) is 32.3 Å². The van der Waals surface area contributed by atoms with Gasteiger partial charge < -0.3 is 10.2 Å². The van der Waals surface area contributed by atoms with E-state index in [1.54, 1.807) is 0 Å². The highest BCUT2D eigenvalue weighted by Gasteiger charge is 2.28. The van der Waals surface area contributed by atoms with Gasteiger partial charge in [0.2, 0.25) is 5.91 Å². The van der Waals surface area contributed by atoms with Crippen molar-refractivity contribution in [2.75, 3.05) is 25.4 Å². The quantitative estimate of drug-likeness (QED) is 0.740. The first-order valence-electron chi connectivity index (χ1n) is 5.78. The predicted octanol–water partition coefficient (Wildman–Crippen LogP) is 1.34. The first kappa shape index (κ1) is 12.8.